The molecule has 2 aromatic rings. The van der Waals surface area contributed by atoms with Gasteiger partial charge in [0.15, 0.2) is 0 Å². The van der Waals surface area contributed by atoms with Crippen molar-refractivity contribution >= 4 is 18.0 Å². The topological polar surface area (TPSA) is 58.6 Å². The summed E-state index contributed by atoms with van der Waals surface area (Å²) >= 11 is 0. The number of nitrogens with one attached hydrogen (secondary N) is 1. The van der Waals surface area contributed by atoms with Gasteiger partial charge in [-0.25, -0.2) is 9.18 Å². The molecule has 0 bridgehead atoms. The van der Waals surface area contributed by atoms with E-state index in [0.717, 1.165) is 27.3 Å². The van der Waals surface area contributed by atoms with E-state index >= 15 is 0 Å². The zero-order chi connectivity index (χ0) is 21.1. The zero-order valence-corrected chi connectivity index (χ0v) is 17.1. The van der Waals surface area contributed by atoms with Crippen molar-refractivity contribution in [3.05, 3.63) is 70.2 Å². The molecule has 2 aromatic carbocycles. The van der Waals surface area contributed by atoms with Gasteiger partial charge < -0.3 is 10.1 Å². The smallest absolute Gasteiger partial charge is 0.329 e. The number of halogens is 1. The van der Waals surface area contributed by atoms with Crippen molar-refractivity contribution in [2.45, 2.75) is 40.2 Å². The van der Waals surface area contributed by atoms with E-state index in [1.54, 1.807) is 24.3 Å². The molecule has 1 saturated heterocycles. The highest BCUT2D eigenvalue weighted by Crippen LogP contribution is 2.31. The maximum atomic E-state index is 13.9. The molecule has 3 amide bonds. The number of carbonyl (C=O) groups is 2. The third-order valence-electron chi connectivity index (χ3n) is 4.87. The molecule has 0 radical (unpaired) electrons. The van der Waals surface area contributed by atoms with E-state index in [2.05, 4.69) is 19.2 Å². The molecule has 0 unspecified atom stereocenters. The second-order valence-electron chi connectivity index (χ2n) is 7.31. The lowest BCUT2D eigenvalue weighted by atomic mass is 9.96. The third-order valence-corrected chi connectivity index (χ3v) is 4.87. The van der Waals surface area contributed by atoms with E-state index in [9.17, 15) is 14.0 Å². The van der Waals surface area contributed by atoms with Gasteiger partial charge in [0.1, 0.15) is 17.3 Å². The summed E-state index contributed by atoms with van der Waals surface area (Å²) in [4.78, 5) is 26.1. The van der Waals surface area contributed by atoms with Gasteiger partial charge in [-0.05, 0) is 60.7 Å². The summed E-state index contributed by atoms with van der Waals surface area (Å²) in [5, 5.41) is 2.60. The Balaban J connectivity index is 1.91. The second kappa shape index (κ2) is 8.47. The molecule has 0 spiro atoms. The molecule has 6 heteroatoms. The molecule has 1 heterocycles. The van der Waals surface area contributed by atoms with Crippen LogP contribution in [-0.4, -0.2) is 23.4 Å². The van der Waals surface area contributed by atoms with E-state index < -0.39 is 17.8 Å². The lowest BCUT2D eigenvalue weighted by Crippen LogP contribution is -2.30. The van der Waals surface area contributed by atoms with Gasteiger partial charge in [0.05, 0.1) is 13.2 Å². The van der Waals surface area contributed by atoms with Crippen molar-refractivity contribution in [2.24, 2.45) is 0 Å². The van der Waals surface area contributed by atoms with Crippen molar-refractivity contribution in [2.75, 3.05) is 6.61 Å². The van der Waals surface area contributed by atoms with Crippen LogP contribution in [0, 0.1) is 12.7 Å². The monoisotopic (exact) mass is 396 g/mol. The Bertz CT molecular complexity index is 982. The molecular formula is C23H25FN2O3. The fraction of sp³-hybridized carbons (Fsp3) is 0.304. The largest absolute Gasteiger partial charge is 0.494 e. The van der Waals surface area contributed by atoms with Gasteiger partial charge in [0, 0.05) is 5.56 Å². The van der Waals surface area contributed by atoms with Crippen molar-refractivity contribution < 1.29 is 18.7 Å². The maximum Gasteiger partial charge on any atom is 0.329 e. The molecule has 0 aromatic heterocycles. The minimum atomic E-state index is -0.558. The van der Waals surface area contributed by atoms with Gasteiger partial charge in [0.2, 0.25) is 0 Å². The van der Waals surface area contributed by atoms with Gasteiger partial charge in [-0.1, -0.05) is 32.0 Å². The summed E-state index contributed by atoms with van der Waals surface area (Å²) in [6.45, 7) is 8.46. The highest BCUT2D eigenvalue weighted by molar-refractivity contribution is 6.14. The summed E-state index contributed by atoms with van der Waals surface area (Å²) in [5.41, 5.74) is 3.25. The van der Waals surface area contributed by atoms with Crippen LogP contribution >= 0.6 is 0 Å². The molecule has 152 valence electrons. The van der Waals surface area contributed by atoms with Gasteiger partial charge in [-0.3, -0.25) is 9.69 Å². The molecule has 3 rings (SSSR count). The molecule has 0 atom stereocenters. The molecule has 1 fully saturated rings. The van der Waals surface area contributed by atoms with Crippen LogP contribution in [-0.2, 0) is 11.3 Å². The number of ether oxygens (including phenoxy) is 1. The fourth-order valence-electron chi connectivity index (χ4n) is 3.27. The van der Waals surface area contributed by atoms with E-state index in [1.807, 2.05) is 26.0 Å². The standard InChI is InChI=1S/C23H25FN2O3/c1-5-29-21-10-15(4)17(11-18(21)14(2)3)12-20-22(27)26(23(28)25-20)13-16-8-6-7-9-19(16)24/h6-12,14H,5,13H2,1-4H3,(H,25,28)/b20-12-. The number of urea groups is 1. The quantitative estimate of drug-likeness (QED) is 0.566. The number of amides is 3. The second-order valence-corrected chi connectivity index (χ2v) is 7.31. The Kier molecular flexibility index (Phi) is 6.01. The maximum absolute atomic E-state index is 13.9. The van der Waals surface area contributed by atoms with Crippen molar-refractivity contribution in [3.63, 3.8) is 0 Å². The predicted molar refractivity (Wildman–Crippen MR) is 110 cm³/mol. The first kappa shape index (κ1) is 20.6. The summed E-state index contributed by atoms with van der Waals surface area (Å²) in [5.74, 6) is 0.137. The van der Waals surface area contributed by atoms with Crippen molar-refractivity contribution in [3.8, 4) is 5.75 Å². The number of hydrogen-bond donors (Lipinski definition) is 1. The molecule has 0 aliphatic carbocycles. The van der Waals surface area contributed by atoms with Crippen LogP contribution < -0.4 is 10.1 Å². The lowest BCUT2D eigenvalue weighted by molar-refractivity contribution is -0.123. The van der Waals surface area contributed by atoms with E-state index in [-0.39, 0.29) is 23.7 Å². The van der Waals surface area contributed by atoms with E-state index in [1.165, 1.54) is 6.07 Å². The van der Waals surface area contributed by atoms with Gasteiger partial charge >= 0.3 is 6.03 Å². The fourth-order valence-corrected chi connectivity index (χ4v) is 3.27. The first-order valence-corrected chi connectivity index (χ1v) is 9.67. The molecular weight excluding hydrogens is 371 g/mol. The highest BCUT2D eigenvalue weighted by Gasteiger charge is 2.34. The molecule has 1 aliphatic rings. The van der Waals surface area contributed by atoms with Gasteiger partial charge in [-0.2, -0.15) is 0 Å². The Morgan fingerprint density at radius 3 is 2.59 bits per heavy atom. The number of carbonyl (C=O) groups excluding carboxylic acids is 2. The van der Waals surface area contributed by atoms with Crippen LogP contribution in [0.4, 0.5) is 9.18 Å². The molecule has 5 nitrogen and oxygen atoms in total. The third kappa shape index (κ3) is 4.31. The number of benzene rings is 2. The normalized spacial score (nSPS) is 15.4. The predicted octanol–water partition coefficient (Wildman–Crippen LogP) is 4.75. The first-order valence-electron chi connectivity index (χ1n) is 9.67. The molecule has 29 heavy (non-hydrogen) atoms. The summed E-state index contributed by atoms with van der Waals surface area (Å²) in [6, 6.07) is 9.48. The van der Waals surface area contributed by atoms with E-state index in [4.69, 9.17) is 4.74 Å². The number of aryl methyl sites for hydroxylation is 1. The molecule has 1 N–H and O–H groups in total. The number of nitrogens with zero attached hydrogens (tertiary/aromatic N) is 1. The minimum Gasteiger partial charge on any atom is -0.494 e. The van der Waals surface area contributed by atoms with Crippen LogP contribution in [0.1, 0.15) is 48.9 Å². The van der Waals surface area contributed by atoms with Gasteiger partial charge in [-0.15, -0.1) is 0 Å². The molecule has 1 aliphatic heterocycles. The van der Waals surface area contributed by atoms with Crippen LogP contribution in [0.2, 0.25) is 0 Å². The minimum absolute atomic E-state index is 0.117. The summed E-state index contributed by atoms with van der Waals surface area (Å²) in [6.07, 6.45) is 1.67. The SMILES string of the molecule is CCOc1cc(C)c(/C=C2\NC(=O)N(Cc3ccccc3F)C2=O)cc1C(C)C. The van der Waals surface area contributed by atoms with Gasteiger partial charge in [0.25, 0.3) is 5.91 Å². The zero-order valence-electron chi connectivity index (χ0n) is 17.1. The number of rotatable bonds is 6. The molecule has 0 saturated carbocycles. The first-order chi connectivity index (χ1) is 13.8. The summed E-state index contributed by atoms with van der Waals surface area (Å²) < 4.78 is 19.7. The van der Waals surface area contributed by atoms with Crippen LogP contribution in [0.15, 0.2) is 42.1 Å². The average molecular weight is 396 g/mol. The Hall–Kier alpha value is -3.15. The highest BCUT2D eigenvalue weighted by atomic mass is 19.1. The Morgan fingerprint density at radius 1 is 1.21 bits per heavy atom. The van der Waals surface area contributed by atoms with Crippen molar-refractivity contribution in [1.82, 2.24) is 10.2 Å². The van der Waals surface area contributed by atoms with Crippen LogP contribution in [0.5, 0.6) is 5.75 Å². The van der Waals surface area contributed by atoms with Crippen molar-refractivity contribution in [1.29, 1.82) is 0 Å². The summed E-state index contributed by atoms with van der Waals surface area (Å²) in [7, 11) is 0. The lowest BCUT2D eigenvalue weighted by Gasteiger charge is -2.16. The van der Waals surface area contributed by atoms with E-state index in [0.29, 0.717) is 6.61 Å². The Morgan fingerprint density at radius 2 is 1.93 bits per heavy atom. The Labute approximate surface area is 170 Å². The number of hydrogen-bond acceptors (Lipinski definition) is 3. The average Bonchev–Trinajstić information content (AvgIpc) is 2.93. The number of imide groups is 1. The van der Waals surface area contributed by atoms with Crippen LogP contribution in [0.25, 0.3) is 6.08 Å². The van der Waals surface area contributed by atoms with Crippen LogP contribution in [0.3, 0.4) is 0 Å².